The summed E-state index contributed by atoms with van der Waals surface area (Å²) < 4.78 is 11.5. The molecule has 1 atom stereocenters. The monoisotopic (exact) mass is 360 g/mol. The summed E-state index contributed by atoms with van der Waals surface area (Å²) in [5.74, 6) is 0.727. The summed E-state index contributed by atoms with van der Waals surface area (Å²) >= 11 is 0. The van der Waals surface area contributed by atoms with Crippen molar-refractivity contribution in [2.45, 2.75) is 65.9 Å². The molecule has 26 heavy (non-hydrogen) atoms. The van der Waals surface area contributed by atoms with Crippen LogP contribution >= 0.6 is 0 Å². The van der Waals surface area contributed by atoms with Gasteiger partial charge in [-0.25, -0.2) is 0 Å². The molecule has 5 nitrogen and oxygen atoms in total. The number of ether oxygens (including phenoxy) is 2. The molecule has 0 bridgehead atoms. The highest BCUT2D eigenvalue weighted by molar-refractivity contribution is 5.97. The first-order valence-corrected chi connectivity index (χ1v) is 9.48. The van der Waals surface area contributed by atoms with Crippen molar-refractivity contribution in [3.05, 3.63) is 23.8 Å². The molecule has 0 saturated heterocycles. The Morgan fingerprint density at radius 3 is 2.62 bits per heavy atom. The minimum absolute atomic E-state index is 0.181. The molecule has 144 valence electrons. The number of unbranched alkanes of at least 4 members (excludes halogenated alkanes) is 1. The number of hydrogen-bond donors (Lipinski definition) is 1. The molecule has 0 unspecified atom stereocenters. The summed E-state index contributed by atoms with van der Waals surface area (Å²) in [6.07, 6.45) is 3.43. The number of carbonyl (C=O) groups excluding carboxylic acids is 1. The molecule has 1 aromatic rings. The van der Waals surface area contributed by atoms with E-state index in [-0.39, 0.29) is 5.91 Å². The summed E-state index contributed by atoms with van der Waals surface area (Å²) in [7, 11) is 0. The smallest absolute Gasteiger partial charge is 0.256 e. The van der Waals surface area contributed by atoms with Crippen LogP contribution in [0.1, 0.15) is 65.9 Å². The summed E-state index contributed by atoms with van der Waals surface area (Å²) in [5.41, 5.74) is 0.116. The molecule has 1 aromatic carbocycles. The third-order valence-corrected chi connectivity index (χ3v) is 4.04. The van der Waals surface area contributed by atoms with Crippen molar-refractivity contribution in [3.63, 3.8) is 0 Å². The van der Waals surface area contributed by atoms with Crippen LogP contribution in [0.2, 0.25) is 0 Å². The number of amides is 1. The van der Waals surface area contributed by atoms with E-state index in [9.17, 15) is 10.1 Å². The number of rotatable bonds is 11. The Morgan fingerprint density at radius 1 is 1.31 bits per heavy atom. The van der Waals surface area contributed by atoms with Gasteiger partial charge < -0.3 is 14.8 Å². The Hall–Kier alpha value is -2.06. The molecule has 5 heteroatoms. The lowest BCUT2D eigenvalue weighted by Gasteiger charge is -2.28. The lowest BCUT2D eigenvalue weighted by atomic mass is 9.97. The molecule has 0 aliphatic heterocycles. The van der Waals surface area contributed by atoms with Crippen LogP contribution in [-0.4, -0.2) is 24.7 Å². The predicted molar refractivity (Wildman–Crippen MR) is 104 cm³/mol. The van der Waals surface area contributed by atoms with Crippen molar-refractivity contribution in [3.8, 4) is 11.8 Å². The third-order valence-electron chi connectivity index (χ3n) is 4.04. The zero-order chi connectivity index (χ0) is 19.6. The molecular weight excluding hydrogens is 328 g/mol. The zero-order valence-corrected chi connectivity index (χ0v) is 16.7. The maximum Gasteiger partial charge on any atom is 0.256 e. The third kappa shape index (κ3) is 6.68. The van der Waals surface area contributed by atoms with Crippen LogP contribution in [0.15, 0.2) is 18.2 Å². The van der Waals surface area contributed by atoms with Gasteiger partial charge in [-0.1, -0.05) is 40.5 Å². The Kier molecular flexibility index (Phi) is 9.15. The second kappa shape index (κ2) is 10.8. The van der Waals surface area contributed by atoms with Gasteiger partial charge in [0.2, 0.25) is 0 Å². The van der Waals surface area contributed by atoms with E-state index < -0.39 is 5.60 Å². The van der Waals surface area contributed by atoms with Crippen molar-refractivity contribution < 1.29 is 14.3 Å². The van der Waals surface area contributed by atoms with Crippen LogP contribution in [-0.2, 0) is 9.53 Å². The van der Waals surface area contributed by atoms with E-state index in [0.29, 0.717) is 42.6 Å². The molecule has 0 saturated carbocycles. The average molecular weight is 360 g/mol. The predicted octanol–water partition coefficient (Wildman–Crippen LogP) is 4.91. The Labute approximate surface area is 157 Å². The second-order valence-corrected chi connectivity index (χ2v) is 7.16. The van der Waals surface area contributed by atoms with Crippen LogP contribution in [0.4, 0.5) is 5.69 Å². The molecule has 1 amide bonds. The number of anilines is 1. The molecule has 0 radical (unpaired) electrons. The fraction of sp³-hybridized carbons (Fsp3) is 0.619. The van der Waals surface area contributed by atoms with E-state index in [4.69, 9.17) is 9.47 Å². The van der Waals surface area contributed by atoms with Crippen LogP contribution < -0.4 is 10.1 Å². The molecular formula is C21H32N2O3. The van der Waals surface area contributed by atoms with Crippen LogP contribution in [0.5, 0.6) is 5.75 Å². The highest BCUT2D eigenvalue weighted by Gasteiger charge is 2.33. The van der Waals surface area contributed by atoms with Crippen molar-refractivity contribution in [1.29, 1.82) is 5.26 Å². The quantitative estimate of drug-likeness (QED) is 0.609. The number of benzene rings is 1. The second-order valence-electron chi connectivity index (χ2n) is 7.16. The van der Waals surface area contributed by atoms with Crippen LogP contribution in [0.3, 0.4) is 0 Å². The lowest BCUT2D eigenvalue weighted by molar-refractivity contribution is -0.140. The fourth-order valence-electron chi connectivity index (χ4n) is 2.43. The topological polar surface area (TPSA) is 71.3 Å². The van der Waals surface area contributed by atoms with Gasteiger partial charge in [-0.05, 0) is 43.9 Å². The van der Waals surface area contributed by atoms with Gasteiger partial charge in [-0.3, -0.25) is 4.79 Å². The normalized spacial score (nSPS) is 13.1. The van der Waals surface area contributed by atoms with Gasteiger partial charge in [-0.15, -0.1) is 0 Å². The van der Waals surface area contributed by atoms with Crippen molar-refractivity contribution in [2.24, 2.45) is 5.92 Å². The van der Waals surface area contributed by atoms with E-state index in [1.165, 1.54) is 0 Å². The Bertz CT molecular complexity index is 612. The van der Waals surface area contributed by atoms with E-state index >= 15 is 0 Å². The molecule has 0 spiro atoms. The molecule has 0 aromatic heterocycles. The summed E-state index contributed by atoms with van der Waals surface area (Å²) in [6.45, 7) is 11.1. The van der Waals surface area contributed by atoms with Crippen molar-refractivity contribution >= 4 is 11.6 Å². The van der Waals surface area contributed by atoms with Gasteiger partial charge in [0.15, 0.2) is 0 Å². The van der Waals surface area contributed by atoms with Crippen LogP contribution in [0, 0.1) is 17.2 Å². The molecule has 0 aliphatic carbocycles. The fourth-order valence-corrected chi connectivity index (χ4v) is 2.43. The van der Waals surface area contributed by atoms with Gasteiger partial charge in [0.1, 0.15) is 17.4 Å². The highest BCUT2D eigenvalue weighted by atomic mass is 16.5. The standard InChI is InChI=1S/C21H32N2O3/c1-6-8-11-21(5,26-12-7-2)20(24)23-18-9-10-19(17(13-18)14-22)25-15-16(3)4/h9-10,13,16H,6-8,11-12,15H2,1-5H3,(H,23,24)/t21-/m0/s1. The number of nitriles is 1. The molecule has 1 rings (SSSR count). The van der Waals surface area contributed by atoms with Gasteiger partial charge in [0.25, 0.3) is 5.91 Å². The maximum atomic E-state index is 12.8. The minimum atomic E-state index is -0.869. The van der Waals surface area contributed by atoms with Crippen molar-refractivity contribution in [1.82, 2.24) is 0 Å². The SMILES string of the molecule is CCCC[C@](C)(OCCC)C(=O)Nc1ccc(OCC(C)C)c(C#N)c1. The highest BCUT2D eigenvalue weighted by Crippen LogP contribution is 2.26. The average Bonchev–Trinajstić information content (AvgIpc) is 2.63. The van der Waals surface area contributed by atoms with E-state index in [1.807, 2.05) is 27.7 Å². The molecule has 0 fully saturated rings. The van der Waals surface area contributed by atoms with E-state index in [2.05, 4.69) is 18.3 Å². The molecule has 0 aliphatic rings. The maximum absolute atomic E-state index is 12.8. The first-order valence-electron chi connectivity index (χ1n) is 9.48. The van der Waals surface area contributed by atoms with Gasteiger partial charge >= 0.3 is 0 Å². The first kappa shape index (κ1) is 22.0. The largest absolute Gasteiger partial charge is 0.492 e. The van der Waals surface area contributed by atoms with Crippen LogP contribution in [0.25, 0.3) is 0 Å². The van der Waals surface area contributed by atoms with E-state index in [0.717, 1.165) is 19.3 Å². The number of nitrogens with zero attached hydrogens (tertiary/aromatic N) is 1. The summed E-state index contributed by atoms with van der Waals surface area (Å²) in [6, 6.07) is 7.27. The number of carbonyl (C=O) groups is 1. The van der Waals surface area contributed by atoms with Gasteiger partial charge in [0, 0.05) is 12.3 Å². The number of hydrogen-bond acceptors (Lipinski definition) is 4. The lowest BCUT2D eigenvalue weighted by Crippen LogP contribution is -2.43. The zero-order valence-electron chi connectivity index (χ0n) is 16.7. The minimum Gasteiger partial charge on any atom is -0.492 e. The van der Waals surface area contributed by atoms with E-state index in [1.54, 1.807) is 18.2 Å². The van der Waals surface area contributed by atoms with Gasteiger partial charge in [0.05, 0.1) is 12.2 Å². The Morgan fingerprint density at radius 2 is 2.04 bits per heavy atom. The summed E-state index contributed by atoms with van der Waals surface area (Å²) in [5, 5.41) is 12.3. The molecule has 1 N–H and O–H groups in total. The Balaban J connectivity index is 2.90. The first-order chi connectivity index (χ1) is 12.4. The van der Waals surface area contributed by atoms with Gasteiger partial charge in [-0.2, -0.15) is 5.26 Å². The summed E-state index contributed by atoms with van der Waals surface area (Å²) in [4.78, 5) is 12.8. The van der Waals surface area contributed by atoms with Crippen molar-refractivity contribution in [2.75, 3.05) is 18.5 Å². The number of nitrogens with one attached hydrogen (secondary N) is 1. The molecule has 0 heterocycles.